The third-order valence-corrected chi connectivity index (χ3v) is 5.73. The molecular weight excluding hydrogens is 392 g/mol. The zero-order valence-electron chi connectivity index (χ0n) is 16.8. The van der Waals surface area contributed by atoms with Crippen molar-refractivity contribution in [2.45, 2.75) is 76.0 Å². The summed E-state index contributed by atoms with van der Waals surface area (Å²) in [5.41, 5.74) is 6.94. The number of ether oxygens (including phenoxy) is 4. The van der Waals surface area contributed by atoms with Crippen molar-refractivity contribution in [3.8, 4) is 6.01 Å². The number of nitrogen functional groups attached to an aromatic ring is 1. The summed E-state index contributed by atoms with van der Waals surface area (Å²) in [6, 6.07) is 0.194. The van der Waals surface area contributed by atoms with Gasteiger partial charge in [0.25, 0.3) is 0 Å². The first-order valence-corrected chi connectivity index (χ1v) is 10.1. The van der Waals surface area contributed by atoms with Crippen LogP contribution in [0.15, 0.2) is 6.33 Å². The number of Topliss-reactive ketones (excluding diaryl/α,β-unsaturated/α-hetero) is 1. The lowest BCUT2D eigenvalue weighted by Gasteiger charge is -2.24. The number of hydrogen-bond acceptors (Lipinski definition) is 10. The average molecular weight is 416 g/mol. The van der Waals surface area contributed by atoms with E-state index in [9.17, 15) is 4.79 Å². The van der Waals surface area contributed by atoms with Gasteiger partial charge in [0.1, 0.15) is 18.3 Å². The summed E-state index contributed by atoms with van der Waals surface area (Å²) in [4.78, 5) is 25.3. The zero-order valence-corrected chi connectivity index (χ0v) is 16.8. The van der Waals surface area contributed by atoms with Crippen molar-refractivity contribution in [3.63, 3.8) is 0 Å². The predicted octanol–water partition coefficient (Wildman–Crippen LogP) is 1.37. The topological polar surface area (TPSA) is 147 Å². The monoisotopic (exact) mass is 416 g/mol. The second-order valence-electron chi connectivity index (χ2n) is 8.30. The molecule has 3 aliphatic rings. The smallest absolute Gasteiger partial charge is 0.320 e. The Kier molecular flexibility index (Phi) is 4.49. The number of imidazole rings is 1. The lowest BCUT2D eigenvalue weighted by molar-refractivity contribution is -0.195. The lowest BCUT2D eigenvalue weighted by Crippen LogP contribution is -2.36. The van der Waals surface area contributed by atoms with Gasteiger partial charge in [0.2, 0.25) is 5.78 Å². The fraction of sp³-hybridized carbons (Fsp3) is 0.632. The SMILES string of the molecule is CC1(C)O[C@@H]2[C@H](O1)[C@@H](C(=O)C=N)O[C@H]2n1cnc2c(N)nc(OC3CCCC3)nc21. The molecule has 4 atom stereocenters. The highest BCUT2D eigenvalue weighted by Crippen LogP contribution is 2.44. The average Bonchev–Trinajstić information content (AvgIpc) is 3.45. The second kappa shape index (κ2) is 6.96. The Morgan fingerprint density at radius 3 is 2.77 bits per heavy atom. The summed E-state index contributed by atoms with van der Waals surface area (Å²) in [6.45, 7) is 3.54. The van der Waals surface area contributed by atoms with Crippen LogP contribution in [0.5, 0.6) is 6.01 Å². The number of fused-ring (bicyclic) bond motifs is 2. The summed E-state index contributed by atoms with van der Waals surface area (Å²) >= 11 is 0. The number of rotatable bonds is 5. The van der Waals surface area contributed by atoms with E-state index in [2.05, 4.69) is 15.0 Å². The van der Waals surface area contributed by atoms with Crippen LogP contribution >= 0.6 is 0 Å². The standard InChI is InChI=1S/C19H24N6O5/c1-19(2)29-13-12(10(26)7-20)28-17(14(13)30-19)25-8-22-11-15(21)23-18(24-16(11)25)27-9-5-3-4-6-9/h7-9,12-14,17,20H,3-6H2,1-2H3,(H2,21,23,24)/t12-,13-,14-,17-/m1/s1. The van der Waals surface area contributed by atoms with E-state index in [-0.39, 0.29) is 17.9 Å². The van der Waals surface area contributed by atoms with Crippen molar-refractivity contribution in [2.24, 2.45) is 0 Å². The summed E-state index contributed by atoms with van der Waals surface area (Å²) in [5, 5.41) is 7.33. The van der Waals surface area contributed by atoms with E-state index in [4.69, 9.17) is 30.1 Å². The van der Waals surface area contributed by atoms with Crippen LogP contribution in [0, 0.1) is 5.41 Å². The fourth-order valence-electron chi connectivity index (χ4n) is 4.42. The van der Waals surface area contributed by atoms with Gasteiger partial charge in [-0.25, -0.2) is 4.98 Å². The normalized spacial score (nSPS) is 30.6. The molecular formula is C19H24N6O5. The molecule has 11 nitrogen and oxygen atoms in total. The van der Waals surface area contributed by atoms with Crippen LogP contribution in [0.4, 0.5) is 5.82 Å². The van der Waals surface area contributed by atoms with Crippen LogP contribution in [-0.4, -0.2) is 61.7 Å². The number of carbonyl (C=O) groups excluding carboxylic acids is 1. The van der Waals surface area contributed by atoms with E-state index in [1.54, 1.807) is 18.4 Å². The molecule has 0 radical (unpaired) electrons. The number of anilines is 1. The zero-order chi connectivity index (χ0) is 21.0. The van der Waals surface area contributed by atoms with Gasteiger partial charge in [-0.15, -0.1) is 0 Å². The second-order valence-corrected chi connectivity index (χ2v) is 8.30. The molecule has 3 fully saturated rings. The minimum atomic E-state index is -0.954. The molecule has 11 heteroatoms. The van der Waals surface area contributed by atoms with Gasteiger partial charge in [-0.2, -0.15) is 9.97 Å². The summed E-state index contributed by atoms with van der Waals surface area (Å²) in [7, 11) is 0. The highest BCUT2D eigenvalue weighted by atomic mass is 16.8. The van der Waals surface area contributed by atoms with Gasteiger partial charge in [0.05, 0.1) is 12.5 Å². The molecule has 160 valence electrons. The van der Waals surface area contributed by atoms with E-state index < -0.39 is 36.1 Å². The van der Waals surface area contributed by atoms with Gasteiger partial charge >= 0.3 is 6.01 Å². The van der Waals surface area contributed by atoms with E-state index in [0.717, 1.165) is 31.9 Å². The fourth-order valence-corrected chi connectivity index (χ4v) is 4.42. The van der Waals surface area contributed by atoms with Gasteiger partial charge in [0, 0.05) is 0 Å². The number of aromatic nitrogens is 4. The van der Waals surface area contributed by atoms with E-state index in [1.807, 2.05) is 0 Å². The molecule has 0 amide bonds. The van der Waals surface area contributed by atoms with Crippen LogP contribution in [0.2, 0.25) is 0 Å². The van der Waals surface area contributed by atoms with Gasteiger partial charge in [-0.05, 0) is 39.5 Å². The van der Waals surface area contributed by atoms with Gasteiger partial charge < -0.3 is 30.1 Å². The third-order valence-electron chi connectivity index (χ3n) is 5.73. The van der Waals surface area contributed by atoms with Crippen LogP contribution < -0.4 is 10.5 Å². The highest BCUT2D eigenvalue weighted by Gasteiger charge is 2.58. The molecule has 1 aliphatic carbocycles. The molecule has 4 heterocycles. The van der Waals surface area contributed by atoms with Crippen molar-refractivity contribution in [2.75, 3.05) is 5.73 Å². The Morgan fingerprint density at radius 2 is 2.03 bits per heavy atom. The maximum atomic E-state index is 12.3. The Balaban J connectivity index is 1.52. The van der Waals surface area contributed by atoms with Crippen molar-refractivity contribution in [1.29, 1.82) is 5.41 Å². The van der Waals surface area contributed by atoms with E-state index >= 15 is 0 Å². The Bertz CT molecular complexity index is 1000. The van der Waals surface area contributed by atoms with Crippen molar-refractivity contribution in [1.82, 2.24) is 19.5 Å². The van der Waals surface area contributed by atoms with Gasteiger partial charge in [-0.1, -0.05) is 0 Å². The molecule has 0 bridgehead atoms. The van der Waals surface area contributed by atoms with Gasteiger partial charge in [-0.3, -0.25) is 9.36 Å². The molecule has 0 unspecified atom stereocenters. The Labute approximate surface area is 172 Å². The minimum Gasteiger partial charge on any atom is -0.460 e. The molecule has 1 saturated carbocycles. The van der Waals surface area contributed by atoms with Crippen LogP contribution in [0.25, 0.3) is 11.2 Å². The van der Waals surface area contributed by atoms with Crippen molar-refractivity contribution >= 4 is 29.0 Å². The number of nitrogens with one attached hydrogen (secondary N) is 1. The first-order chi connectivity index (χ1) is 14.4. The maximum Gasteiger partial charge on any atom is 0.320 e. The number of carbonyl (C=O) groups is 1. The summed E-state index contributed by atoms with van der Waals surface area (Å²) in [5.74, 6) is -1.17. The molecule has 2 aromatic rings. The first-order valence-electron chi connectivity index (χ1n) is 10.1. The van der Waals surface area contributed by atoms with Gasteiger partial charge in [0.15, 0.2) is 35.1 Å². The van der Waals surface area contributed by atoms with E-state index in [1.165, 1.54) is 6.33 Å². The molecule has 2 aromatic heterocycles. The largest absolute Gasteiger partial charge is 0.460 e. The van der Waals surface area contributed by atoms with Crippen LogP contribution in [0.1, 0.15) is 45.8 Å². The quantitative estimate of drug-likeness (QED) is 0.689. The summed E-state index contributed by atoms with van der Waals surface area (Å²) < 4.78 is 25.5. The van der Waals surface area contributed by atoms with E-state index in [0.29, 0.717) is 11.2 Å². The molecule has 30 heavy (non-hydrogen) atoms. The van der Waals surface area contributed by atoms with Crippen molar-refractivity contribution in [3.05, 3.63) is 6.33 Å². The highest BCUT2D eigenvalue weighted by molar-refractivity contribution is 6.28. The number of hydrogen-bond donors (Lipinski definition) is 2. The number of nitrogens with two attached hydrogens (primary N) is 1. The molecule has 3 N–H and O–H groups in total. The lowest BCUT2D eigenvalue weighted by atomic mass is 10.1. The molecule has 2 aliphatic heterocycles. The molecule has 2 saturated heterocycles. The summed E-state index contributed by atoms with van der Waals surface area (Å²) in [6.07, 6.45) is 3.59. The van der Waals surface area contributed by atoms with Crippen LogP contribution in [0.3, 0.4) is 0 Å². The Morgan fingerprint density at radius 1 is 1.30 bits per heavy atom. The third kappa shape index (κ3) is 3.13. The van der Waals surface area contributed by atoms with Crippen molar-refractivity contribution < 1.29 is 23.7 Å². The number of ketones is 1. The molecule has 0 spiro atoms. The van der Waals surface area contributed by atoms with Crippen LogP contribution in [-0.2, 0) is 19.0 Å². The number of nitrogens with zero attached hydrogens (tertiary/aromatic N) is 4. The maximum absolute atomic E-state index is 12.3. The molecule has 0 aromatic carbocycles. The first kappa shape index (κ1) is 19.3. The predicted molar refractivity (Wildman–Crippen MR) is 104 cm³/mol. The molecule has 5 rings (SSSR count). The Hall–Kier alpha value is -2.63. The minimum absolute atomic E-state index is 0.0762.